The number of aromatic nitrogens is 1. The van der Waals surface area contributed by atoms with Crippen LogP contribution in [-0.4, -0.2) is 22.6 Å². The van der Waals surface area contributed by atoms with Crippen molar-refractivity contribution in [2.24, 2.45) is 0 Å². The van der Waals surface area contributed by atoms with Gasteiger partial charge in [0, 0.05) is 40.8 Å². The number of benzene rings is 1. The van der Waals surface area contributed by atoms with E-state index in [9.17, 15) is 14.4 Å². The first-order valence-corrected chi connectivity index (χ1v) is 8.13. The highest BCUT2D eigenvalue weighted by molar-refractivity contribution is 9.10. The lowest BCUT2D eigenvalue weighted by atomic mass is 10.1. The van der Waals surface area contributed by atoms with E-state index in [0.29, 0.717) is 17.5 Å². The Balaban J connectivity index is 1.69. The Kier molecular flexibility index (Phi) is 6.62. The number of hydrogen-bond donors (Lipinski definition) is 2. The standard InChI is InChI=1S/C17H16BrN3O3/c18-14-6-4-12(5-7-14)15(22)2-1-3-16(23)20-21-17(24)13-8-10-19-11-9-13/h4-11H,1-3H2,(H,20,23)(H,21,24). The normalized spacial score (nSPS) is 10.0. The molecule has 6 nitrogen and oxygen atoms in total. The Morgan fingerprint density at radius 2 is 1.54 bits per heavy atom. The van der Waals surface area contributed by atoms with Crippen LogP contribution in [0.25, 0.3) is 0 Å². The molecule has 2 rings (SSSR count). The quantitative estimate of drug-likeness (QED) is 0.587. The lowest BCUT2D eigenvalue weighted by molar-refractivity contribution is -0.121. The third-order valence-electron chi connectivity index (χ3n) is 3.23. The van der Waals surface area contributed by atoms with Crippen LogP contribution in [0.15, 0.2) is 53.3 Å². The highest BCUT2D eigenvalue weighted by Gasteiger charge is 2.09. The van der Waals surface area contributed by atoms with Crippen LogP contribution in [-0.2, 0) is 4.79 Å². The van der Waals surface area contributed by atoms with Crippen LogP contribution in [0, 0.1) is 0 Å². The van der Waals surface area contributed by atoms with Crippen LogP contribution < -0.4 is 10.9 Å². The number of hydrazine groups is 1. The van der Waals surface area contributed by atoms with Crippen LogP contribution in [0.4, 0.5) is 0 Å². The highest BCUT2D eigenvalue weighted by atomic mass is 79.9. The number of amides is 2. The molecule has 1 aromatic carbocycles. The van der Waals surface area contributed by atoms with E-state index in [2.05, 4.69) is 31.8 Å². The second-order valence-corrected chi connectivity index (χ2v) is 5.94. The molecule has 2 N–H and O–H groups in total. The second kappa shape index (κ2) is 8.93. The Morgan fingerprint density at radius 1 is 0.875 bits per heavy atom. The number of ketones is 1. The maximum atomic E-state index is 12.0. The van der Waals surface area contributed by atoms with E-state index in [-0.39, 0.29) is 24.5 Å². The fourth-order valence-corrected chi connectivity index (χ4v) is 2.22. The molecule has 2 amide bonds. The fourth-order valence-electron chi connectivity index (χ4n) is 1.95. The first kappa shape index (κ1) is 17.8. The number of nitrogens with one attached hydrogen (secondary N) is 2. The molecule has 7 heteroatoms. The largest absolute Gasteiger partial charge is 0.294 e. The van der Waals surface area contributed by atoms with Gasteiger partial charge in [-0.3, -0.25) is 30.2 Å². The summed E-state index contributed by atoms with van der Waals surface area (Å²) in [5.74, 6) is -0.783. The fraction of sp³-hybridized carbons (Fsp3) is 0.176. The zero-order chi connectivity index (χ0) is 17.4. The van der Waals surface area contributed by atoms with E-state index in [1.165, 1.54) is 12.4 Å². The van der Waals surface area contributed by atoms with Crippen LogP contribution in [0.5, 0.6) is 0 Å². The van der Waals surface area contributed by atoms with Gasteiger partial charge in [-0.05, 0) is 30.7 Å². The van der Waals surface area contributed by atoms with E-state index in [0.717, 1.165) is 4.47 Å². The van der Waals surface area contributed by atoms with Crippen molar-refractivity contribution in [3.05, 3.63) is 64.4 Å². The minimum atomic E-state index is -0.420. The number of halogens is 1. The summed E-state index contributed by atoms with van der Waals surface area (Å²) in [7, 11) is 0. The summed E-state index contributed by atoms with van der Waals surface area (Å²) in [4.78, 5) is 39.2. The number of Topliss-reactive ketones (excluding diaryl/α,β-unsaturated/α-hetero) is 1. The summed E-state index contributed by atoms with van der Waals surface area (Å²) in [5.41, 5.74) is 5.66. The molecule has 0 unspecified atom stereocenters. The average molecular weight is 390 g/mol. The van der Waals surface area contributed by atoms with E-state index < -0.39 is 5.91 Å². The van der Waals surface area contributed by atoms with Gasteiger partial charge in [0.05, 0.1) is 0 Å². The average Bonchev–Trinajstić information content (AvgIpc) is 2.61. The summed E-state index contributed by atoms with van der Waals surface area (Å²) in [6.45, 7) is 0. The molecular formula is C17H16BrN3O3. The van der Waals surface area contributed by atoms with Gasteiger partial charge in [0.2, 0.25) is 5.91 Å². The van der Waals surface area contributed by atoms with Crippen LogP contribution in [0.3, 0.4) is 0 Å². The maximum absolute atomic E-state index is 12.0. The van der Waals surface area contributed by atoms with Crippen molar-refractivity contribution in [1.29, 1.82) is 0 Å². The Labute approximate surface area is 147 Å². The Hall–Kier alpha value is -2.54. The van der Waals surface area contributed by atoms with Gasteiger partial charge in [-0.25, -0.2) is 0 Å². The topological polar surface area (TPSA) is 88.2 Å². The number of pyridine rings is 1. The molecule has 0 bridgehead atoms. The van der Waals surface area contributed by atoms with Crippen LogP contribution in [0.2, 0.25) is 0 Å². The predicted molar refractivity (Wildman–Crippen MR) is 92.2 cm³/mol. The maximum Gasteiger partial charge on any atom is 0.269 e. The summed E-state index contributed by atoms with van der Waals surface area (Å²) >= 11 is 3.31. The minimum Gasteiger partial charge on any atom is -0.294 e. The van der Waals surface area contributed by atoms with Crippen molar-refractivity contribution in [1.82, 2.24) is 15.8 Å². The Bertz CT molecular complexity index is 718. The van der Waals surface area contributed by atoms with Crippen molar-refractivity contribution < 1.29 is 14.4 Å². The molecule has 0 saturated carbocycles. The number of carbonyl (C=O) groups excluding carboxylic acids is 3. The molecule has 0 atom stereocenters. The summed E-state index contributed by atoms with van der Waals surface area (Å²) in [5, 5.41) is 0. The first-order chi connectivity index (χ1) is 11.6. The van der Waals surface area contributed by atoms with Crippen molar-refractivity contribution in [2.45, 2.75) is 19.3 Å². The molecule has 1 aromatic heterocycles. The van der Waals surface area contributed by atoms with Gasteiger partial charge in [-0.2, -0.15) is 0 Å². The summed E-state index contributed by atoms with van der Waals surface area (Å²) in [6.07, 6.45) is 3.81. The minimum absolute atomic E-state index is 0.0175. The molecule has 0 spiro atoms. The third-order valence-corrected chi connectivity index (χ3v) is 3.76. The van der Waals surface area contributed by atoms with Gasteiger partial charge in [0.15, 0.2) is 5.78 Å². The summed E-state index contributed by atoms with van der Waals surface area (Å²) in [6, 6.07) is 10.2. The van der Waals surface area contributed by atoms with Gasteiger partial charge >= 0.3 is 0 Å². The van der Waals surface area contributed by atoms with E-state index in [4.69, 9.17) is 0 Å². The Morgan fingerprint density at radius 3 is 2.21 bits per heavy atom. The van der Waals surface area contributed by atoms with Gasteiger partial charge in [-0.1, -0.05) is 28.1 Å². The van der Waals surface area contributed by atoms with Gasteiger partial charge in [0.1, 0.15) is 0 Å². The first-order valence-electron chi connectivity index (χ1n) is 7.34. The van der Waals surface area contributed by atoms with Crippen molar-refractivity contribution in [2.75, 3.05) is 0 Å². The molecule has 2 aromatic rings. The van der Waals surface area contributed by atoms with Gasteiger partial charge < -0.3 is 0 Å². The van der Waals surface area contributed by atoms with E-state index in [1.54, 1.807) is 36.4 Å². The number of carbonyl (C=O) groups is 3. The van der Waals surface area contributed by atoms with Crippen molar-refractivity contribution in [3.63, 3.8) is 0 Å². The van der Waals surface area contributed by atoms with Gasteiger partial charge in [0.25, 0.3) is 5.91 Å². The predicted octanol–water partition coefficient (Wildman–Crippen LogP) is 2.66. The zero-order valence-corrected chi connectivity index (χ0v) is 14.4. The number of hydrogen-bond acceptors (Lipinski definition) is 4. The highest BCUT2D eigenvalue weighted by Crippen LogP contribution is 2.13. The molecule has 0 aliphatic rings. The molecule has 0 aliphatic heterocycles. The molecular weight excluding hydrogens is 374 g/mol. The van der Waals surface area contributed by atoms with Gasteiger partial charge in [-0.15, -0.1) is 0 Å². The molecule has 1 heterocycles. The van der Waals surface area contributed by atoms with E-state index >= 15 is 0 Å². The van der Waals surface area contributed by atoms with Crippen LogP contribution >= 0.6 is 15.9 Å². The number of rotatable bonds is 6. The van der Waals surface area contributed by atoms with E-state index in [1.807, 2.05) is 0 Å². The smallest absolute Gasteiger partial charge is 0.269 e. The molecule has 0 aliphatic carbocycles. The molecule has 24 heavy (non-hydrogen) atoms. The molecule has 0 fully saturated rings. The summed E-state index contributed by atoms with van der Waals surface area (Å²) < 4.78 is 0.906. The lowest BCUT2D eigenvalue weighted by Crippen LogP contribution is -2.41. The monoisotopic (exact) mass is 389 g/mol. The molecule has 0 saturated heterocycles. The van der Waals surface area contributed by atoms with Crippen molar-refractivity contribution >= 4 is 33.5 Å². The van der Waals surface area contributed by atoms with Crippen LogP contribution in [0.1, 0.15) is 40.0 Å². The molecule has 124 valence electrons. The SMILES string of the molecule is O=C(CCCC(=O)c1ccc(Br)cc1)NNC(=O)c1ccncc1. The number of nitrogens with zero attached hydrogens (tertiary/aromatic N) is 1. The second-order valence-electron chi connectivity index (χ2n) is 5.02. The molecule has 0 radical (unpaired) electrons. The zero-order valence-electron chi connectivity index (χ0n) is 12.8. The lowest BCUT2D eigenvalue weighted by Gasteiger charge is -2.07. The third kappa shape index (κ3) is 5.58. The van der Waals surface area contributed by atoms with Crippen molar-refractivity contribution in [3.8, 4) is 0 Å².